The first-order valence-electron chi connectivity index (χ1n) is 10.7. The monoisotopic (exact) mass is 446 g/mol. The molecule has 4 rings (SSSR count). The molecule has 5 nitrogen and oxygen atoms in total. The number of thiophene rings is 1. The molecule has 3 aromatic rings. The van der Waals surface area contributed by atoms with Gasteiger partial charge in [0.2, 0.25) is 0 Å². The summed E-state index contributed by atoms with van der Waals surface area (Å²) in [5, 5.41) is 5.09. The second kappa shape index (κ2) is 9.01. The zero-order valence-electron chi connectivity index (χ0n) is 18.6. The summed E-state index contributed by atoms with van der Waals surface area (Å²) >= 11 is 1.44. The summed E-state index contributed by atoms with van der Waals surface area (Å²) in [5.41, 5.74) is 3.10. The van der Waals surface area contributed by atoms with Gasteiger partial charge in [-0.25, -0.2) is 4.90 Å². The van der Waals surface area contributed by atoms with Crippen LogP contribution >= 0.6 is 11.3 Å². The number of amides is 2. The highest BCUT2D eigenvalue weighted by atomic mass is 32.1. The Morgan fingerprint density at radius 2 is 1.56 bits per heavy atom. The summed E-state index contributed by atoms with van der Waals surface area (Å²) in [6.45, 7) is 8.15. The minimum absolute atomic E-state index is 0.0756. The van der Waals surface area contributed by atoms with E-state index >= 15 is 0 Å². The second-order valence-electron chi connectivity index (χ2n) is 8.24. The smallest absolute Gasteiger partial charge is 0.282 e. The summed E-state index contributed by atoms with van der Waals surface area (Å²) in [6, 6.07) is 18.7. The van der Waals surface area contributed by atoms with Crippen LogP contribution in [0.2, 0.25) is 0 Å². The number of rotatable bonds is 7. The van der Waals surface area contributed by atoms with E-state index in [1.807, 2.05) is 79.9 Å². The highest BCUT2D eigenvalue weighted by Gasteiger charge is 2.40. The number of hydrogen-bond acceptors (Lipinski definition) is 5. The molecule has 0 bridgehead atoms. The minimum atomic E-state index is -0.363. The lowest BCUT2D eigenvalue weighted by Crippen LogP contribution is -2.32. The summed E-state index contributed by atoms with van der Waals surface area (Å²) in [7, 11) is 0. The maximum Gasteiger partial charge on any atom is 0.282 e. The lowest BCUT2D eigenvalue weighted by molar-refractivity contribution is -0.120. The molecule has 1 N–H and O–H groups in total. The first-order valence-corrected chi connectivity index (χ1v) is 11.5. The molecule has 2 heterocycles. The number of carbonyl (C=O) groups excluding carboxylic acids is 2. The Morgan fingerprint density at radius 1 is 0.875 bits per heavy atom. The van der Waals surface area contributed by atoms with Crippen molar-refractivity contribution in [3.63, 3.8) is 0 Å². The molecule has 32 heavy (non-hydrogen) atoms. The van der Waals surface area contributed by atoms with Crippen LogP contribution in [-0.2, 0) is 9.59 Å². The molecule has 1 aromatic heterocycles. The van der Waals surface area contributed by atoms with Gasteiger partial charge in [0.15, 0.2) is 0 Å². The molecule has 1 aliphatic heterocycles. The molecule has 2 amide bonds. The van der Waals surface area contributed by atoms with Crippen LogP contribution in [0.1, 0.15) is 44.1 Å². The zero-order valence-corrected chi connectivity index (χ0v) is 19.4. The lowest BCUT2D eigenvalue weighted by Gasteiger charge is -2.16. The van der Waals surface area contributed by atoms with E-state index in [2.05, 4.69) is 19.2 Å². The Kier molecular flexibility index (Phi) is 6.15. The average molecular weight is 447 g/mol. The summed E-state index contributed by atoms with van der Waals surface area (Å²) in [6.07, 6.45) is 0.0756. The minimum Gasteiger partial charge on any atom is -0.491 e. The van der Waals surface area contributed by atoms with Crippen molar-refractivity contribution in [2.45, 2.75) is 39.7 Å². The average Bonchev–Trinajstić information content (AvgIpc) is 3.36. The fourth-order valence-corrected chi connectivity index (χ4v) is 4.34. The molecule has 0 atom stereocenters. The van der Waals surface area contributed by atoms with Gasteiger partial charge in [0.1, 0.15) is 11.4 Å². The van der Waals surface area contributed by atoms with Crippen LogP contribution in [0.15, 0.2) is 71.7 Å². The van der Waals surface area contributed by atoms with Crippen molar-refractivity contribution in [1.29, 1.82) is 0 Å². The first-order chi connectivity index (χ1) is 15.3. The van der Waals surface area contributed by atoms with E-state index in [0.29, 0.717) is 22.9 Å². The van der Waals surface area contributed by atoms with Gasteiger partial charge < -0.3 is 10.1 Å². The van der Waals surface area contributed by atoms with E-state index in [-0.39, 0.29) is 23.6 Å². The topological polar surface area (TPSA) is 58.6 Å². The zero-order chi connectivity index (χ0) is 22.8. The predicted octanol–water partition coefficient (Wildman–Crippen LogP) is 6.06. The Labute approximate surface area is 192 Å². The molecule has 0 aliphatic carbocycles. The Hall–Kier alpha value is -3.38. The van der Waals surface area contributed by atoms with E-state index in [0.717, 1.165) is 16.2 Å². The van der Waals surface area contributed by atoms with Crippen LogP contribution < -0.4 is 15.0 Å². The number of imide groups is 1. The number of hydrogen-bond donors (Lipinski definition) is 1. The number of carbonyl (C=O) groups is 2. The standard InChI is InChI=1S/C26H26N2O3S/c1-16(2)18-7-11-20(12-8-18)28-25(29)23(22-6-5-15-32-22)24(26(28)30)27-19-9-13-21(14-10-19)31-17(3)4/h5-17,27H,1-4H3. The largest absolute Gasteiger partial charge is 0.491 e. The van der Waals surface area contributed by atoms with E-state index in [1.54, 1.807) is 0 Å². The third-order valence-electron chi connectivity index (χ3n) is 5.16. The van der Waals surface area contributed by atoms with Crippen LogP contribution in [0.25, 0.3) is 5.57 Å². The normalized spacial score (nSPS) is 14.1. The predicted molar refractivity (Wildman–Crippen MR) is 130 cm³/mol. The van der Waals surface area contributed by atoms with Crippen molar-refractivity contribution in [2.75, 3.05) is 10.2 Å². The van der Waals surface area contributed by atoms with Crippen molar-refractivity contribution < 1.29 is 14.3 Å². The van der Waals surface area contributed by atoms with Gasteiger partial charge in [-0.15, -0.1) is 11.3 Å². The summed E-state index contributed by atoms with van der Waals surface area (Å²) < 4.78 is 5.69. The first kappa shape index (κ1) is 21.8. The van der Waals surface area contributed by atoms with Crippen LogP contribution in [0, 0.1) is 0 Å². The van der Waals surface area contributed by atoms with Gasteiger partial charge in [-0.1, -0.05) is 32.0 Å². The van der Waals surface area contributed by atoms with Gasteiger partial charge >= 0.3 is 0 Å². The van der Waals surface area contributed by atoms with Crippen LogP contribution in [0.4, 0.5) is 11.4 Å². The fourth-order valence-electron chi connectivity index (χ4n) is 3.57. The lowest BCUT2D eigenvalue weighted by atomic mass is 10.0. The number of nitrogens with one attached hydrogen (secondary N) is 1. The molecular weight excluding hydrogens is 420 g/mol. The molecule has 0 saturated heterocycles. The van der Waals surface area contributed by atoms with Gasteiger partial charge in [-0.05, 0) is 73.2 Å². The number of anilines is 2. The van der Waals surface area contributed by atoms with Crippen molar-refractivity contribution in [3.05, 3.63) is 82.2 Å². The number of nitrogens with zero attached hydrogens (tertiary/aromatic N) is 1. The molecule has 2 aromatic carbocycles. The van der Waals surface area contributed by atoms with Crippen molar-refractivity contribution in [3.8, 4) is 5.75 Å². The molecule has 0 saturated carbocycles. The Bertz CT molecular complexity index is 1140. The Balaban J connectivity index is 1.68. The molecular formula is C26H26N2O3S. The van der Waals surface area contributed by atoms with Gasteiger partial charge in [0, 0.05) is 10.6 Å². The van der Waals surface area contributed by atoms with Gasteiger partial charge in [-0.3, -0.25) is 9.59 Å². The molecule has 0 unspecified atom stereocenters. The van der Waals surface area contributed by atoms with Crippen molar-refractivity contribution in [2.24, 2.45) is 0 Å². The number of benzene rings is 2. The molecule has 0 radical (unpaired) electrons. The van der Waals surface area contributed by atoms with Crippen LogP contribution in [0.3, 0.4) is 0 Å². The molecule has 0 spiro atoms. The highest BCUT2D eigenvalue weighted by molar-refractivity contribution is 7.11. The molecule has 164 valence electrons. The third-order valence-corrected chi connectivity index (χ3v) is 6.05. The second-order valence-corrected chi connectivity index (χ2v) is 9.18. The van der Waals surface area contributed by atoms with Crippen LogP contribution in [0.5, 0.6) is 5.75 Å². The van der Waals surface area contributed by atoms with E-state index in [9.17, 15) is 9.59 Å². The van der Waals surface area contributed by atoms with Gasteiger partial charge in [-0.2, -0.15) is 0 Å². The quantitative estimate of drug-likeness (QED) is 0.449. The molecule has 0 fully saturated rings. The van der Waals surface area contributed by atoms with Crippen molar-refractivity contribution >= 4 is 40.1 Å². The number of ether oxygens (including phenoxy) is 1. The van der Waals surface area contributed by atoms with Gasteiger partial charge in [0.25, 0.3) is 11.8 Å². The van der Waals surface area contributed by atoms with Crippen molar-refractivity contribution in [1.82, 2.24) is 0 Å². The summed E-state index contributed by atoms with van der Waals surface area (Å²) in [4.78, 5) is 28.8. The van der Waals surface area contributed by atoms with E-state index < -0.39 is 0 Å². The van der Waals surface area contributed by atoms with Gasteiger partial charge in [0.05, 0.1) is 17.4 Å². The maximum absolute atomic E-state index is 13.4. The summed E-state index contributed by atoms with van der Waals surface area (Å²) in [5.74, 6) is 0.433. The molecule has 6 heteroatoms. The van der Waals surface area contributed by atoms with E-state index in [4.69, 9.17) is 4.74 Å². The fraction of sp³-hybridized carbons (Fsp3) is 0.231. The third kappa shape index (κ3) is 4.32. The van der Waals surface area contributed by atoms with E-state index in [1.165, 1.54) is 16.2 Å². The molecule has 1 aliphatic rings. The maximum atomic E-state index is 13.4. The Morgan fingerprint density at radius 3 is 2.12 bits per heavy atom. The van der Waals surface area contributed by atoms with Crippen LogP contribution in [-0.4, -0.2) is 17.9 Å². The highest BCUT2D eigenvalue weighted by Crippen LogP contribution is 2.36. The SMILES string of the molecule is CC(C)Oc1ccc(NC2=C(c3cccs3)C(=O)N(c3ccc(C(C)C)cc3)C2=O)cc1.